The molecule has 0 aliphatic rings. The van der Waals surface area contributed by atoms with Gasteiger partial charge in [-0.3, -0.25) is 4.79 Å². The summed E-state index contributed by atoms with van der Waals surface area (Å²) in [5.74, 6) is -0.736. The lowest BCUT2D eigenvalue weighted by atomic mass is 10.0. The lowest BCUT2D eigenvalue weighted by molar-refractivity contribution is -0.124. The number of nitrogens with two attached hydrogens (primary N) is 1. The van der Waals surface area contributed by atoms with Crippen molar-refractivity contribution in [3.63, 3.8) is 0 Å². The SMILES string of the molecule is CCCC(C(=O)NC(C)CN(CC)CC)C(N)=NO. The predicted molar refractivity (Wildman–Crippen MR) is 77.2 cm³/mol. The fraction of sp³-hybridized carbons (Fsp3) is 0.846. The first-order valence-electron chi connectivity index (χ1n) is 7.00. The van der Waals surface area contributed by atoms with Crippen molar-refractivity contribution < 1.29 is 10.0 Å². The molecule has 4 N–H and O–H groups in total. The summed E-state index contributed by atoms with van der Waals surface area (Å²) in [5.41, 5.74) is 5.56. The number of carbonyl (C=O) groups is 1. The fourth-order valence-electron chi connectivity index (χ4n) is 2.03. The normalized spacial score (nSPS) is 15.3. The van der Waals surface area contributed by atoms with E-state index >= 15 is 0 Å². The fourth-order valence-corrected chi connectivity index (χ4v) is 2.03. The Balaban J connectivity index is 4.46. The lowest BCUT2D eigenvalue weighted by Gasteiger charge is -2.25. The van der Waals surface area contributed by atoms with E-state index in [0.29, 0.717) is 6.42 Å². The van der Waals surface area contributed by atoms with Gasteiger partial charge in [0.05, 0.1) is 5.92 Å². The maximum Gasteiger partial charge on any atom is 0.231 e. The van der Waals surface area contributed by atoms with Crippen LogP contribution in [0.2, 0.25) is 0 Å². The molecule has 0 spiro atoms. The van der Waals surface area contributed by atoms with E-state index in [9.17, 15) is 4.79 Å². The Kier molecular flexibility index (Phi) is 8.95. The lowest BCUT2D eigenvalue weighted by Crippen LogP contribution is -2.46. The van der Waals surface area contributed by atoms with Crippen LogP contribution in [0.3, 0.4) is 0 Å². The summed E-state index contributed by atoms with van der Waals surface area (Å²) in [6, 6.07) is 0.0400. The number of rotatable bonds is 9. The van der Waals surface area contributed by atoms with Crippen LogP contribution >= 0.6 is 0 Å². The van der Waals surface area contributed by atoms with E-state index in [0.717, 1.165) is 26.1 Å². The highest BCUT2D eigenvalue weighted by Crippen LogP contribution is 2.07. The van der Waals surface area contributed by atoms with Crippen molar-refractivity contribution in [2.75, 3.05) is 19.6 Å². The Bertz CT molecular complexity index is 290. The Morgan fingerprint density at radius 2 is 1.95 bits per heavy atom. The summed E-state index contributed by atoms with van der Waals surface area (Å²) in [4.78, 5) is 14.3. The number of likely N-dealkylation sites (N-methyl/N-ethyl adjacent to an activating group) is 1. The number of hydrogen-bond acceptors (Lipinski definition) is 4. The number of amidine groups is 1. The van der Waals surface area contributed by atoms with Crippen LogP contribution in [0.25, 0.3) is 0 Å². The molecule has 0 saturated carbocycles. The first-order valence-corrected chi connectivity index (χ1v) is 7.00. The van der Waals surface area contributed by atoms with Gasteiger partial charge >= 0.3 is 0 Å². The maximum atomic E-state index is 12.1. The predicted octanol–water partition coefficient (Wildman–Crippen LogP) is 0.996. The highest BCUT2D eigenvalue weighted by molar-refractivity contribution is 6.02. The van der Waals surface area contributed by atoms with Crippen molar-refractivity contribution in [1.29, 1.82) is 0 Å². The van der Waals surface area contributed by atoms with Crippen LogP contribution < -0.4 is 11.1 Å². The van der Waals surface area contributed by atoms with Gasteiger partial charge in [0.1, 0.15) is 0 Å². The van der Waals surface area contributed by atoms with Gasteiger partial charge in [-0.1, -0.05) is 32.3 Å². The first kappa shape index (κ1) is 17.7. The zero-order valence-corrected chi connectivity index (χ0v) is 12.5. The molecular weight excluding hydrogens is 244 g/mol. The summed E-state index contributed by atoms with van der Waals surface area (Å²) >= 11 is 0. The molecule has 0 bridgehead atoms. The number of hydrogen-bond donors (Lipinski definition) is 3. The van der Waals surface area contributed by atoms with Gasteiger partial charge in [-0.05, 0) is 26.4 Å². The Hall–Kier alpha value is -1.30. The van der Waals surface area contributed by atoms with Crippen molar-refractivity contribution in [3.8, 4) is 0 Å². The molecule has 2 atom stereocenters. The van der Waals surface area contributed by atoms with E-state index in [4.69, 9.17) is 10.9 Å². The molecule has 6 nitrogen and oxygen atoms in total. The minimum absolute atomic E-state index is 0.0191. The molecule has 1 amide bonds. The van der Waals surface area contributed by atoms with Crippen molar-refractivity contribution in [3.05, 3.63) is 0 Å². The summed E-state index contributed by atoms with van der Waals surface area (Å²) in [6.07, 6.45) is 1.39. The van der Waals surface area contributed by atoms with Gasteiger partial charge in [-0.25, -0.2) is 0 Å². The van der Waals surface area contributed by atoms with Crippen LogP contribution in [0.15, 0.2) is 5.16 Å². The minimum atomic E-state index is -0.547. The number of nitrogens with zero attached hydrogens (tertiary/aromatic N) is 2. The molecule has 2 unspecified atom stereocenters. The van der Waals surface area contributed by atoms with E-state index in [-0.39, 0.29) is 17.8 Å². The highest BCUT2D eigenvalue weighted by Gasteiger charge is 2.23. The standard InChI is InChI=1S/C13H28N4O2/c1-5-8-11(12(14)16-19)13(18)15-10(4)9-17(6-2)7-3/h10-11,19H,5-9H2,1-4H3,(H2,14,16)(H,15,18). The average molecular weight is 272 g/mol. The van der Waals surface area contributed by atoms with Gasteiger partial charge in [0.15, 0.2) is 5.84 Å². The number of carbonyl (C=O) groups excluding carboxylic acids is 1. The molecule has 0 rings (SSSR count). The van der Waals surface area contributed by atoms with Crippen LogP contribution in [-0.4, -0.2) is 47.5 Å². The molecule has 0 aromatic carbocycles. The highest BCUT2D eigenvalue weighted by atomic mass is 16.4. The van der Waals surface area contributed by atoms with Gasteiger partial charge in [-0.2, -0.15) is 0 Å². The summed E-state index contributed by atoms with van der Waals surface area (Å²) in [6.45, 7) is 10.8. The van der Waals surface area contributed by atoms with Crippen LogP contribution in [-0.2, 0) is 4.79 Å². The van der Waals surface area contributed by atoms with Gasteiger partial charge < -0.3 is 21.2 Å². The third-order valence-electron chi connectivity index (χ3n) is 3.18. The maximum absolute atomic E-state index is 12.1. The van der Waals surface area contributed by atoms with Crippen molar-refractivity contribution in [1.82, 2.24) is 10.2 Å². The summed E-state index contributed by atoms with van der Waals surface area (Å²) in [5, 5.41) is 14.6. The van der Waals surface area contributed by atoms with Crippen LogP contribution in [0, 0.1) is 5.92 Å². The third-order valence-corrected chi connectivity index (χ3v) is 3.18. The van der Waals surface area contributed by atoms with Gasteiger partial charge in [0.2, 0.25) is 5.91 Å². The van der Waals surface area contributed by atoms with Crippen LogP contribution in [0.4, 0.5) is 0 Å². The van der Waals surface area contributed by atoms with Gasteiger partial charge in [0.25, 0.3) is 0 Å². The smallest absolute Gasteiger partial charge is 0.231 e. The molecule has 0 aliphatic carbocycles. The molecule has 19 heavy (non-hydrogen) atoms. The quantitative estimate of drug-likeness (QED) is 0.253. The monoisotopic (exact) mass is 272 g/mol. The average Bonchev–Trinajstić information content (AvgIpc) is 2.40. The molecule has 0 heterocycles. The van der Waals surface area contributed by atoms with E-state index in [1.54, 1.807) is 0 Å². The van der Waals surface area contributed by atoms with E-state index in [2.05, 4.69) is 29.2 Å². The zero-order valence-electron chi connectivity index (χ0n) is 12.5. The van der Waals surface area contributed by atoms with Crippen LogP contribution in [0.5, 0.6) is 0 Å². The number of oxime groups is 1. The molecule has 0 aromatic rings. The third kappa shape index (κ3) is 6.42. The topological polar surface area (TPSA) is 91.0 Å². The zero-order chi connectivity index (χ0) is 14.8. The minimum Gasteiger partial charge on any atom is -0.409 e. The van der Waals surface area contributed by atoms with Crippen molar-refractivity contribution >= 4 is 11.7 Å². The molecule has 112 valence electrons. The summed E-state index contributed by atoms with van der Waals surface area (Å²) in [7, 11) is 0. The molecule has 6 heteroatoms. The molecular formula is C13H28N4O2. The summed E-state index contributed by atoms with van der Waals surface area (Å²) < 4.78 is 0. The molecule has 0 aromatic heterocycles. The van der Waals surface area contributed by atoms with Crippen LogP contribution in [0.1, 0.15) is 40.5 Å². The molecule has 0 saturated heterocycles. The Morgan fingerprint density at radius 1 is 1.37 bits per heavy atom. The van der Waals surface area contributed by atoms with Gasteiger partial charge in [-0.15, -0.1) is 0 Å². The second kappa shape index (κ2) is 9.61. The van der Waals surface area contributed by atoms with Crippen molar-refractivity contribution in [2.45, 2.75) is 46.6 Å². The second-order valence-electron chi connectivity index (χ2n) is 4.76. The number of amides is 1. The van der Waals surface area contributed by atoms with E-state index in [1.165, 1.54) is 0 Å². The largest absolute Gasteiger partial charge is 0.409 e. The molecule has 0 fully saturated rings. The first-order chi connectivity index (χ1) is 8.99. The molecule has 0 radical (unpaired) electrons. The van der Waals surface area contributed by atoms with Gasteiger partial charge in [0, 0.05) is 12.6 Å². The van der Waals surface area contributed by atoms with E-state index < -0.39 is 5.92 Å². The Labute approximate surface area is 116 Å². The molecule has 0 aliphatic heterocycles. The second-order valence-corrected chi connectivity index (χ2v) is 4.76. The number of nitrogens with one attached hydrogen (secondary N) is 1. The van der Waals surface area contributed by atoms with Crippen molar-refractivity contribution in [2.24, 2.45) is 16.8 Å². The Morgan fingerprint density at radius 3 is 2.37 bits per heavy atom. The van der Waals surface area contributed by atoms with E-state index in [1.807, 2.05) is 13.8 Å².